The van der Waals surface area contributed by atoms with Gasteiger partial charge in [0, 0.05) is 26.4 Å². The van der Waals surface area contributed by atoms with Gasteiger partial charge in [-0.25, -0.2) is 0 Å². The lowest BCUT2D eigenvalue weighted by Crippen LogP contribution is -2.18. The molecule has 1 unspecified atom stereocenters. The maximum absolute atomic E-state index is 9.52. The number of hydrogen-bond donors (Lipinski definition) is 2. The zero-order valence-electron chi connectivity index (χ0n) is 22.2. The summed E-state index contributed by atoms with van der Waals surface area (Å²) in [4.78, 5) is 0. The molecule has 2 aromatic rings. The van der Waals surface area contributed by atoms with Crippen molar-refractivity contribution in [1.29, 1.82) is 0 Å². The van der Waals surface area contributed by atoms with E-state index in [9.17, 15) is 5.11 Å². The van der Waals surface area contributed by atoms with E-state index < -0.39 is 0 Å². The molecule has 1 fully saturated rings. The van der Waals surface area contributed by atoms with Crippen molar-refractivity contribution in [2.24, 2.45) is 11.8 Å². The fourth-order valence-corrected chi connectivity index (χ4v) is 5.87. The highest BCUT2D eigenvalue weighted by atomic mass is 16.5. The predicted octanol–water partition coefficient (Wildman–Crippen LogP) is 7.32. The normalized spacial score (nSPS) is 19.1. The quantitative estimate of drug-likeness (QED) is 0.263. The zero-order chi connectivity index (χ0) is 24.9. The molecular formula is C32H48O3. The van der Waals surface area contributed by atoms with Gasteiger partial charge in [-0.15, -0.1) is 0 Å². The van der Waals surface area contributed by atoms with E-state index in [-0.39, 0.29) is 13.2 Å². The number of ether oxygens (including phenoxy) is 1. The molecular weight excluding hydrogens is 432 g/mol. The first-order valence-corrected chi connectivity index (χ1v) is 14.2. The van der Waals surface area contributed by atoms with Crippen molar-refractivity contribution >= 4 is 0 Å². The van der Waals surface area contributed by atoms with Gasteiger partial charge in [-0.3, -0.25) is 0 Å². The Labute approximate surface area is 213 Å². The van der Waals surface area contributed by atoms with E-state index in [0.29, 0.717) is 24.9 Å². The van der Waals surface area contributed by atoms with Crippen LogP contribution in [0.1, 0.15) is 94.2 Å². The van der Waals surface area contributed by atoms with Gasteiger partial charge in [0.1, 0.15) is 0 Å². The molecule has 3 nitrogen and oxygen atoms in total. The second-order valence-corrected chi connectivity index (χ2v) is 10.5. The van der Waals surface area contributed by atoms with Gasteiger partial charge >= 0.3 is 0 Å². The molecule has 0 aromatic heterocycles. The summed E-state index contributed by atoms with van der Waals surface area (Å²) >= 11 is 0. The van der Waals surface area contributed by atoms with Crippen LogP contribution in [0.4, 0.5) is 0 Å². The molecule has 0 bridgehead atoms. The first-order chi connectivity index (χ1) is 17.2. The van der Waals surface area contributed by atoms with Gasteiger partial charge in [-0.1, -0.05) is 62.7 Å². The van der Waals surface area contributed by atoms with Crippen LogP contribution in [-0.2, 0) is 17.6 Å². The summed E-state index contributed by atoms with van der Waals surface area (Å²) in [6.45, 7) is 6.35. The Morgan fingerprint density at radius 2 is 1.66 bits per heavy atom. The summed E-state index contributed by atoms with van der Waals surface area (Å²) < 4.78 is 5.65. The number of aliphatic hydroxyl groups is 2. The molecule has 3 rings (SSSR count). The molecule has 0 amide bonds. The number of rotatable bonds is 15. The molecule has 0 radical (unpaired) electrons. The zero-order valence-corrected chi connectivity index (χ0v) is 22.2. The fraction of sp³-hybridized carbons (Fsp3) is 0.625. The average molecular weight is 481 g/mol. The van der Waals surface area contributed by atoms with E-state index in [1.807, 2.05) is 0 Å². The van der Waals surface area contributed by atoms with Crippen molar-refractivity contribution in [3.8, 4) is 11.1 Å². The lowest BCUT2D eigenvalue weighted by atomic mass is 9.74. The maximum Gasteiger partial charge on any atom is 0.0487 e. The largest absolute Gasteiger partial charge is 0.396 e. The Morgan fingerprint density at radius 1 is 0.886 bits per heavy atom. The molecule has 35 heavy (non-hydrogen) atoms. The maximum atomic E-state index is 9.52. The van der Waals surface area contributed by atoms with E-state index >= 15 is 0 Å². The summed E-state index contributed by atoms with van der Waals surface area (Å²) in [6.07, 6.45) is 12.4. The Morgan fingerprint density at radius 3 is 2.31 bits per heavy atom. The van der Waals surface area contributed by atoms with Crippen molar-refractivity contribution in [3.05, 3.63) is 59.2 Å². The van der Waals surface area contributed by atoms with Crippen LogP contribution in [0.5, 0.6) is 0 Å². The van der Waals surface area contributed by atoms with Crippen LogP contribution in [0.15, 0.2) is 42.5 Å². The van der Waals surface area contributed by atoms with E-state index in [4.69, 9.17) is 9.84 Å². The molecule has 0 spiro atoms. The number of hydrogen-bond acceptors (Lipinski definition) is 3. The van der Waals surface area contributed by atoms with Crippen molar-refractivity contribution in [1.82, 2.24) is 0 Å². The summed E-state index contributed by atoms with van der Waals surface area (Å²) in [5.41, 5.74) is 7.15. The van der Waals surface area contributed by atoms with Crippen LogP contribution in [-0.4, -0.2) is 36.6 Å². The molecule has 2 N–H and O–H groups in total. The van der Waals surface area contributed by atoms with Gasteiger partial charge < -0.3 is 14.9 Å². The van der Waals surface area contributed by atoms with Crippen LogP contribution in [0.2, 0.25) is 0 Å². The van der Waals surface area contributed by atoms with Crippen molar-refractivity contribution in [2.75, 3.05) is 26.4 Å². The molecule has 1 aliphatic rings. The summed E-state index contributed by atoms with van der Waals surface area (Å²) in [6, 6.07) is 16.4. The van der Waals surface area contributed by atoms with Crippen LogP contribution < -0.4 is 0 Å². The second kappa shape index (κ2) is 15.4. The van der Waals surface area contributed by atoms with E-state index in [0.717, 1.165) is 38.2 Å². The van der Waals surface area contributed by atoms with Crippen LogP contribution in [0.25, 0.3) is 11.1 Å². The third kappa shape index (κ3) is 8.74. The fourth-order valence-electron chi connectivity index (χ4n) is 5.87. The molecule has 1 saturated carbocycles. The lowest BCUT2D eigenvalue weighted by molar-refractivity contribution is 0.0947. The third-order valence-electron chi connectivity index (χ3n) is 7.95. The van der Waals surface area contributed by atoms with Gasteiger partial charge in [0.15, 0.2) is 0 Å². The van der Waals surface area contributed by atoms with Crippen LogP contribution in [0, 0.1) is 11.8 Å². The monoisotopic (exact) mass is 480 g/mol. The highest BCUT2D eigenvalue weighted by molar-refractivity contribution is 5.68. The summed E-state index contributed by atoms with van der Waals surface area (Å²) in [5, 5.41) is 18.4. The van der Waals surface area contributed by atoms with E-state index in [1.54, 1.807) is 0 Å². The summed E-state index contributed by atoms with van der Waals surface area (Å²) in [7, 11) is 0. The van der Waals surface area contributed by atoms with Gasteiger partial charge in [0.05, 0.1) is 0 Å². The summed E-state index contributed by atoms with van der Waals surface area (Å²) in [5.74, 6) is 1.99. The number of aliphatic hydroxyl groups excluding tert-OH is 2. The first-order valence-electron chi connectivity index (χ1n) is 14.2. The Kier molecular flexibility index (Phi) is 12.3. The van der Waals surface area contributed by atoms with E-state index in [2.05, 4.69) is 56.3 Å². The van der Waals surface area contributed by atoms with Crippen molar-refractivity contribution < 1.29 is 14.9 Å². The van der Waals surface area contributed by atoms with Crippen LogP contribution >= 0.6 is 0 Å². The second-order valence-electron chi connectivity index (χ2n) is 10.5. The minimum Gasteiger partial charge on any atom is -0.396 e. The minimum absolute atomic E-state index is 0.192. The minimum atomic E-state index is 0.192. The molecule has 1 aliphatic carbocycles. The standard InChI is InChI=1S/C32H48O3/c1-3-6-25-7-13-30(14-8-25)32-16-15-31(24-28(32)4-2)29-11-9-26(10-12-29)23-27(17-20-34)18-22-35-21-5-19-33/h7-8,13-16,24,26-27,29,33-34H,3-6,9-12,17-23H2,1-2H3. The molecule has 1 atom stereocenters. The molecule has 3 heteroatoms. The van der Waals surface area contributed by atoms with Gasteiger partial charge in [0.25, 0.3) is 0 Å². The molecule has 0 heterocycles. The topological polar surface area (TPSA) is 49.7 Å². The molecule has 0 aliphatic heterocycles. The van der Waals surface area contributed by atoms with Crippen molar-refractivity contribution in [3.63, 3.8) is 0 Å². The highest BCUT2D eigenvalue weighted by Crippen LogP contribution is 2.40. The number of aryl methyl sites for hydroxylation is 2. The van der Waals surface area contributed by atoms with E-state index in [1.165, 1.54) is 66.3 Å². The van der Waals surface area contributed by atoms with Gasteiger partial charge in [-0.05, 0) is 110 Å². The highest BCUT2D eigenvalue weighted by Gasteiger charge is 2.25. The Bertz CT molecular complexity index is 836. The molecule has 2 aromatic carbocycles. The smallest absolute Gasteiger partial charge is 0.0487 e. The number of benzene rings is 2. The Balaban J connectivity index is 1.54. The third-order valence-corrected chi connectivity index (χ3v) is 7.95. The lowest BCUT2D eigenvalue weighted by Gasteiger charge is -2.31. The molecule has 0 saturated heterocycles. The SMILES string of the molecule is CCCc1ccc(-c2ccc(C3CCC(CC(CCO)CCOCCCO)CC3)cc2CC)cc1. The van der Waals surface area contributed by atoms with Crippen LogP contribution in [0.3, 0.4) is 0 Å². The Hall–Kier alpha value is -1.68. The first kappa shape index (κ1) is 27.9. The van der Waals surface area contributed by atoms with Gasteiger partial charge in [0.2, 0.25) is 0 Å². The van der Waals surface area contributed by atoms with Crippen molar-refractivity contribution in [2.45, 2.75) is 90.4 Å². The molecule has 194 valence electrons. The predicted molar refractivity (Wildman–Crippen MR) is 147 cm³/mol. The average Bonchev–Trinajstić information content (AvgIpc) is 2.89. The van der Waals surface area contributed by atoms with Gasteiger partial charge in [-0.2, -0.15) is 0 Å².